The van der Waals surface area contributed by atoms with Crippen LogP contribution in [-0.2, 0) is 50.1 Å². The second-order valence-electron chi connectivity index (χ2n) is 10.3. The van der Waals surface area contributed by atoms with Crippen molar-refractivity contribution in [2.45, 2.75) is 56.3 Å². The molecule has 43 heavy (non-hydrogen) atoms. The summed E-state index contributed by atoms with van der Waals surface area (Å²) in [6.45, 7) is 1.34. The van der Waals surface area contributed by atoms with Crippen molar-refractivity contribution in [2.24, 2.45) is 0 Å². The van der Waals surface area contributed by atoms with Gasteiger partial charge in [0.1, 0.15) is 30.3 Å². The number of amides is 1. The van der Waals surface area contributed by atoms with E-state index in [0.29, 0.717) is 19.8 Å². The molecule has 8 heteroatoms. The van der Waals surface area contributed by atoms with Crippen LogP contribution in [0.3, 0.4) is 0 Å². The molecule has 0 radical (unpaired) electrons. The van der Waals surface area contributed by atoms with Gasteiger partial charge in [0.2, 0.25) is 0 Å². The summed E-state index contributed by atoms with van der Waals surface area (Å²) < 4.78 is 30.8. The molecule has 1 heterocycles. The van der Waals surface area contributed by atoms with Crippen LogP contribution >= 0.6 is 11.6 Å². The lowest BCUT2D eigenvalue weighted by Crippen LogP contribution is -2.63. The molecule has 1 N–H and O–H groups in total. The van der Waals surface area contributed by atoms with Gasteiger partial charge in [0.05, 0.1) is 26.4 Å². The zero-order chi connectivity index (χ0) is 29.7. The Morgan fingerprint density at radius 1 is 0.628 bits per heavy atom. The maximum atomic E-state index is 12.8. The van der Waals surface area contributed by atoms with Crippen LogP contribution in [0.1, 0.15) is 22.3 Å². The molecule has 1 amide bonds. The Bertz CT molecular complexity index is 1360. The van der Waals surface area contributed by atoms with Crippen LogP contribution in [0.15, 0.2) is 121 Å². The Morgan fingerprint density at radius 3 is 1.58 bits per heavy atom. The molecule has 224 valence electrons. The molecule has 4 aromatic rings. The highest BCUT2D eigenvalue weighted by Crippen LogP contribution is 2.31. The molecule has 0 bridgehead atoms. The fourth-order valence-corrected chi connectivity index (χ4v) is 5.16. The van der Waals surface area contributed by atoms with Crippen molar-refractivity contribution >= 4 is 17.7 Å². The van der Waals surface area contributed by atoms with Gasteiger partial charge in [0.15, 0.2) is 6.23 Å². The standard InChI is InChI=1S/C35H36ClNO6/c36-31-33(41-23-28-17-9-3-10-18-28)32(40-22-27-15-7-2-8-16-27)30(25-39-21-26-13-5-1-6-14-26)43-34(31)37-35(38)42-24-29-19-11-4-12-20-29/h1-20,30-34H,21-25H2,(H,37,38)/t30-,31-,32+,33-,34-/m1/s1. The van der Waals surface area contributed by atoms with Crippen molar-refractivity contribution < 1.29 is 28.5 Å². The van der Waals surface area contributed by atoms with Crippen LogP contribution in [0.5, 0.6) is 0 Å². The second kappa shape index (κ2) is 16.2. The van der Waals surface area contributed by atoms with Gasteiger partial charge in [0.25, 0.3) is 0 Å². The monoisotopic (exact) mass is 601 g/mol. The molecule has 0 aromatic heterocycles. The number of carbonyl (C=O) groups is 1. The minimum Gasteiger partial charge on any atom is -0.445 e. The number of alkyl carbamates (subject to hydrolysis) is 1. The Morgan fingerprint density at radius 2 is 1.07 bits per heavy atom. The molecule has 1 aliphatic rings. The number of alkyl halides is 1. The zero-order valence-electron chi connectivity index (χ0n) is 23.8. The summed E-state index contributed by atoms with van der Waals surface area (Å²) in [5.41, 5.74) is 3.90. The molecular weight excluding hydrogens is 566 g/mol. The maximum Gasteiger partial charge on any atom is 0.409 e. The number of rotatable bonds is 13. The molecule has 5 rings (SSSR count). The smallest absolute Gasteiger partial charge is 0.409 e. The summed E-state index contributed by atoms with van der Waals surface area (Å²) >= 11 is 7.01. The molecule has 4 aromatic carbocycles. The third-order valence-electron chi connectivity index (χ3n) is 7.05. The highest BCUT2D eigenvalue weighted by molar-refractivity contribution is 6.21. The molecule has 0 aliphatic carbocycles. The molecule has 1 saturated heterocycles. The third kappa shape index (κ3) is 9.38. The maximum absolute atomic E-state index is 12.8. The lowest BCUT2D eigenvalue weighted by Gasteiger charge is -2.44. The van der Waals surface area contributed by atoms with E-state index < -0.39 is 36.0 Å². The summed E-state index contributed by atoms with van der Waals surface area (Å²) in [7, 11) is 0. The molecule has 0 unspecified atom stereocenters. The molecule has 5 atom stereocenters. The van der Waals surface area contributed by atoms with Gasteiger partial charge in [-0.05, 0) is 22.3 Å². The van der Waals surface area contributed by atoms with Gasteiger partial charge in [-0.15, -0.1) is 11.6 Å². The topological polar surface area (TPSA) is 75.3 Å². The Labute approximate surface area is 257 Å². The van der Waals surface area contributed by atoms with Crippen molar-refractivity contribution in [3.8, 4) is 0 Å². The molecular formula is C35H36ClNO6. The predicted octanol–water partition coefficient (Wildman–Crippen LogP) is 6.63. The van der Waals surface area contributed by atoms with Crippen LogP contribution < -0.4 is 5.32 Å². The van der Waals surface area contributed by atoms with Gasteiger partial charge < -0.3 is 23.7 Å². The molecule has 7 nitrogen and oxygen atoms in total. The van der Waals surface area contributed by atoms with Gasteiger partial charge in [-0.2, -0.15) is 0 Å². The first-order valence-electron chi connectivity index (χ1n) is 14.3. The SMILES string of the molecule is O=C(N[C@@H]1O[C@H](COCc2ccccc2)[C@H](OCc2ccccc2)[C@H](OCc2ccccc2)[C@H]1Cl)OCc1ccccc1. The zero-order valence-corrected chi connectivity index (χ0v) is 24.6. The van der Waals surface area contributed by atoms with Crippen molar-refractivity contribution in [2.75, 3.05) is 6.61 Å². The minimum absolute atomic E-state index is 0.118. The van der Waals surface area contributed by atoms with Crippen molar-refractivity contribution in [1.82, 2.24) is 5.32 Å². The first-order valence-corrected chi connectivity index (χ1v) is 14.8. The van der Waals surface area contributed by atoms with Crippen molar-refractivity contribution in [3.63, 3.8) is 0 Å². The van der Waals surface area contributed by atoms with Crippen molar-refractivity contribution in [3.05, 3.63) is 144 Å². The van der Waals surface area contributed by atoms with Gasteiger partial charge in [0, 0.05) is 0 Å². The highest BCUT2D eigenvalue weighted by Gasteiger charge is 2.47. The molecule has 1 aliphatic heterocycles. The lowest BCUT2D eigenvalue weighted by molar-refractivity contribution is -0.221. The van der Waals surface area contributed by atoms with E-state index in [1.54, 1.807) is 0 Å². The van der Waals surface area contributed by atoms with Crippen molar-refractivity contribution in [1.29, 1.82) is 0 Å². The van der Waals surface area contributed by atoms with E-state index in [4.69, 9.17) is 35.3 Å². The number of benzene rings is 4. The summed E-state index contributed by atoms with van der Waals surface area (Å²) in [4.78, 5) is 12.8. The summed E-state index contributed by atoms with van der Waals surface area (Å²) in [5.74, 6) is 0. The number of hydrogen-bond acceptors (Lipinski definition) is 6. The van der Waals surface area contributed by atoms with E-state index in [1.165, 1.54) is 0 Å². The third-order valence-corrected chi connectivity index (χ3v) is 7.53. The summed E-state index contributed by atoms with van der Waals surface area (Å²) in [6, 6.07) is 39.1. The van der Waals surface area contributed by atoms with Crippen LogP contribution in [0.4, 0.5) is 4.79 Å². The average molecular weight is 602 g/mol. The lowest BCUT2D eigenvalue weighted by atomic mass is 9.99. The van der Waals surface area contributed by atoms with Crippen LogP contribution in [0.2, 0.25) is 0 Å². The van der Waals surface area contributed by atoms with Gasteiger partial charge >= 0.3 is 6.09 Å². The Kier molecular flexibility index (Phi) is 11.6. The number of ether oxygens (including phenoxy) is 5. The van der Waals surface area contributed by atoms with E-state index in [1.807, 2.05) is 121 Å². The van der Waals surface area contributed by atoms with Gasteiger partial charge in [-0.3, -0.25) is 5.32 Å². The molecule has 0 saturated carbocycles. The first-order chi connectivity index (χ1) is 21.2. The van der Waals surface area contributed by atoms with Crippen LogP contribution in [0, 0.1) is 0 Å². The fraction of sp³-hybridized carbons (Fsp3) is 0.286. The number of hydrogen-bond donors (Lipinski definition) is 1. The number of nitrogens with one attached hydrogen (secondary N) is 1. The van der Waals surface area contributed by atoms with Gasteiger partial charge in [-0.1, -0.05) is 121 Å². The van der Waals surface area contributed by atoms with E-state index in [0.717, 1.165) is 22.3 Å². The molecule has 0 spiro atoms. The van der Waals surface area contributed by atoms with Crippen LogP contribution in [-0.4, -0.2) is 42.6 Å². The number of halogens is 1. The fourth-order valence-electron chi connectivity index (χ4n) is 4.82. The van der Waals surface area contributed by atoms with Crippen LogP contribution in [0.25, 0.3) is 0 Å². The Hall–Kier alpha value is -3.72. The largest absolute Gasteiger partial charge is 0.445 e. The average Bonchev–Trinajstić information content (AvgIpc) is 3.06. The minimum atomic E-state index is -0.910. The molecule has 1 fully saturated rings. The normalized spacial score (nSPS) is 21.7. The quantitative estimate of drug-likeness (QED) is 0.173. The first kappa shape index (κ1) is 30.7. The van der Waals surface area contributed by atoms with E-state index in [9.17, 15) is 4.79 Å². The summed E-state index contributed by atoms with van der Waals surface area (Å²) in [5, 5.41) is 2.01. The second-order valence-corrected chi connectivity index (χ2v) is 10.8. The Balaban J connectivity index is 1.32. The van der Waals surface area contributed by atoms with E-state index in [-0.39, 0.29) is 13.2 Å². The van der Waals surface area contributed by atoms with E-state index in [2.05, 4.69) is 5.32 Å². The van der Waals surface area contributed by atoms with Gasteiger partial charge in [-0.25, -0.2) is 4.79 Å². The predicted molar refractivity (Wildman–Crippen MR) is 164 cm³/mol. The summed E-state index contributed by atoms with van der Waals surface area (Å²) in [6.07, 6.45) is -3.37. The number of carbonyl (C=O) groups excluding carboxylic acids is 1. The van der Waals surface area contributed by atoms with E-state index >= 15 is 0 Å². The highest BCUT2D eigenvalue weighted by atomic mass is 35.5.